The lowest BCUT2D eigenvalue weighted by molar-refractivity contribution is -0.385. The molecule has 0 saturated heterocycles. The maximum atomic E-state index is 13.1. The highest BCUT2D eigenvalue weighted by molar-refractivity contribution is 9.08. The number of nitrogens with zero attached hydrogens (tertiary/aromatic N) is 1. The van der Waals surface area contributed by atoms with Crippen molar-refractivity contribution in [2.75, 3.05) is 0 Å². The zero-order valence-corrected chi connectivity index (χ0v) is 8.82. The van der Waals surface area contributed by atoms with Crippen molar-refractivity contribution in [3.05, 3.63) is 39.2 Å². The standard InChI is InChI=1S/C8H5BrFNO4/c9-3-4-1-6(10)5(8(12)13)2-7(4)11(14)15/h1-2H,3H2,(H,12,13). The molecule has 0 aliphatic carbocycles. The molecule has 5 nitrogen and oxygen atoms in total. The van der Waals surface area contributed by atoms with E-state index in [1.54, 1.807) is 0 Å². The van der Waals surface area contributed by atoms with Gasteiger partial charge in [0.25, 0.3) is 5.69 Å². The Morgan fingerprint density at radius 2 is 2.20 bits per heavy atom. The maximum absolute atomic E-state index is 13.1. The summed E-state index contributed by atoms with van der Waals surface area (Å²) in [4.78, 5) is 20.3. The topological polar surface area (TPSA) is 80.4 Å². The van der Waals surface area contributed by atoms with E-state index in [1.807, 2.05) is 0 Å². The van der Waals surface area contributed by atoms with Crippen molar-refractivity contribution in [3.63, 3.8) is 0 Å². The Bertz CT molecular complexity index is 435. The summed E-state index contributed by atoms with van der Waals surface area (Å²) in [5, 5.41) is 19.2. The number of hydrogen-bond donors (Lipinski definition) is 1. The number of alkyl halides is 1. The first kappa shape index (κ1) is 11.6. The van der Waals surface area contributed by atoms with Gasteiger partial charge in [-0.2, -0.15) is 0 Å². The van der Waals surface area contributed by atoms with Gasteiger partial charge in [0.15, 0.2) is 0 Å². The van der Waals surface area contributed by atoms with E-state index in [0.29, 0.717) is 6.07 Å². The smallest absolute Gasteiger partial charge is 0.338 e. The number of hydrogen-bond acceptors (Lipinski definition) is 3. The number of nitro groups is 1. The molecule has 0 aliphatic rings. The Hall–Kier alpha value is -1.50. The molecular formula is C8H5BrFNO4. The monoisotopic (exact) mass is 277 g/mol. The van der Waals surface area contributed by atoms with E-state index in [9.17, 15) is 19.3 Å². The summed E-state index contributed by atoms with van der Waals surface area (Å²) in [6.07, 6.45) is 0. The molecule has 0 radical (unpaired) electrons. The van der Waals surface area contributed by atoms with Crippen LogP contribution in [0.1, 0.15) is 15.9 Å². The fourth-order valence-electron chi connectivity index (χ4n) is 1.04. The minimum absolute atomic E-state index is 0.0835. The van der Waals surface area contributed by atoms with Gasteiger partial charge >= 0.3 is 5.97 Å². The lowest BCUT2D eigenvalue weighted by Crippen LogP contribution is -2.04. The second-order valence-corrected chi connectivity index (χ2v) is 3.22. The van der Waals surface area contributed by atoms with Crippen LogP contribution in [0.15, 0.2) is 12.1 Å². The lowest BCUT2D eigenvalue weighted by atomic mass is 10.1. The molecule has 1 aromatic rings. The molecule has 0 atom stereocenters. The summed E-state index contributed by atoms with van der Waals surface area (Å²) < 4.78 is 13.1. The van der Waals surface area contributed by atoms with Gasteiger partial charge in [0.05, 0.1) is 4.92 Å². The van der Waals surface area contributed by atoms with Gasteiger partial charge in [-0.1, -0.05) is 15.9 Å². The molecule has 0 spiro atoms. The number of carboxylic acid groups (broad SMARTS) is 1. The van der Waals surface area contributed by atoms with Crippen LogP contribution in [0.3, 0.4) is 0 Å². The molecule has 80 valence electrons. The molecule has 0 unspecified atom stereocenters. The molecule has 7 heteroatoms. The van der Waals surface area contributed by atoms with Crippen LogP contribution >= 0.6 is 15.9 Å². The first-order chi connectivity index (χ1) is 6.97. The summed E-state index contributed by atoms with van der Waals surface area (Å²) in [6.45, 7) is 0. The molecule has 0 amide bonds. The molecule has 0 fully saturated rings. The van der Waals surface area contributed by atoms with Crippen LogP contribution in [0.25, 0.3) is 0 Å². The summed E-state index contributed by atoms with van der Waals surface area (Å²) in [6, 6.07) is 1.56. The van der Waals surface area contributed by atoms with Gasteiger partial charge in [0.1, 0.15) is 11.4 Å². The van der Waals surface area contributed by atoms with Gasteiger partial charge in [0.2, 0.25) is 0 Å². The highest BCUT2D eigenvalue weighted by Gasteiger charge is 2.20. The molecule has 0 bridgehead atoms. The number of nitro benzene ring substituents is 1. The highest BCUT2D eigenvalue weighted by Crippen LogP contribution is 2.24. The predicted molar refractivity (Wildman–Crippen MR) is 52.6 cm³/mol. The van der Waals surface area contributed by atoms with Gasteiger partial charge in [-0.3, -0.25) is 10.1 Å². The van der Waals surface area contributed by atoms with Crippen molar-refractivity contribution >= 4 is 27.6 Å². The molecule has 15 heavy (non-hydrogen) atoms. The van der Waals surface area contributed by atoms with Crippen molar-refractivity contribution in [1.82, 2.24) is 0 Å². The van der Waals surface area contributed by atoms with Crippen LogP contribution in [0, 0.1) is 15.9 Å². The van der Waals surface area contributed by atoms with E-state index in [0.717, 1.165) is 6.07 Å². The first-order valence-electron chi connectivity index (χ1n) is 3.73. The number of benzene rings is 1. The van der Waals surface area contributed by atoms with Crippen LogP contribution < -0.4 is 0 Å². The third kappa shape index (κ3) is 2.30. The van der Waals surface area contributed by atoms with Crippen LogP contribution in [-0.4, -0.2) is 16.0 Å². The predicted octanol–water partition coefficient (Wildman–Crippen LogP) is 2.33. The zero-order valence-electron chi connectivity index (χ0n) is 7.24. The van der Waals surface area contributed by atoms with E-state index >= 15 is 0 Å². The van der Waals surface area contributed by atoms with E-state index in [2.05, 4.69) is 15.9 Å². The van der Waals surface area contributed by atoms with Crippen molar-refractivity contribution in [2.24, 2.45) is 0 Å². The van der Waals surface area contributed by atoms with Gasteiger partial charge in [-0.15, -0.1) is 0 Å². The molecule has 0 aliphatic heterocycles. The van der Waals surface area contributed by atoms with E-state index in [4.69, 9.17) is 5.11 Å². The van der Waals surface area contributed by atoms with Gasteiger partial charge in [-0.25, -0.2) is 9.18 Å². The second-order valence-electron chi connectivity index (χ2n) is 2.66. The van der Waals surface area contributed by atoms with Crippen LogP contribution in [0.4, 0.5) is 10.1 Å². The van der Waals surface area contributed by atoms with Gasteiger partial charge in [-0.05, 0) is 6.07 Å². The van der Waals surface area contributed by atoms with Crippen molar-refractivity contribution in [2.45, 2.75) is 5.33 Å². The fraction of sp³-hybridized carbons (Fsp3) is 0.125. The number of rotatable bonds is 3. The van der Waals surface area contributed by atoms with Crippen molar-refractivity contribution in [1.29, 1.82) is 0 Å². The number of halogens is 2. The van der Waals surface area contributed by atoms with Crippen LogP contribution in [-0.2, 0) is 5.33 Å². The summed E-state index contributed by atoms with van der Waals surface area (Å²) in [7, 11) is 0. The van der Waals surface area contributed by atoms with Crippen molar-refractivity contribution in [3.8, 4) is 0 Å². The molecule has 1 aromatic carbocycles. The molecule has 0 heterocycles. The average molecular weight is 278 g/mol. The Morgan fingerprint density at radius 3 is 2.60 bits per heavy atom. The molecule has 0 aromatic heterocycles. The lowest BCUT2D eigenvalue weighted by Gasteiger charge is -2.02. The number of carbonyl (C=O) groups is 1. The molecular weight excluding hydrogens is 273 g/mol. The summed E-state index contributed by atoms with van der Waals surface area (Å²) in [5.41, 5.74) is -1.01. The third-order valence-electron chi connectivity index (χ3n) is 1.74. The Morgan fingerprint density at radius 1 is 1.60 bits per heavy atom. The van der Waals surface area contributed by atoms with Crippen LogP contribution in [0.5, 0.6) is 0 Å². The normalized spacial score (nSPS) is 10.0. The van der Waals surface area contributed by atoms with E-state index in [1.165, 1.54) is 0 Å². The molecule has 1 rings (SSSR count). The fourth-order valence-corrected chi connectivity index (χ4v) is 1.49. The zero-order chi connectivity index (χ0) is 11.6. The molecule has 0 saturated carbocycles. The summed E-state index contributed by atoms with van der Waals surface area (Å²) >= 11 is 2.95. The number of carboxylic acids is 1. The van der Waals surface area contributed by atoms with Gasteiger partial charge in [0, 0.05) is 17.0 Å². The maximum Gasteiger partial charge on any atom is 0.338 e. The minimum atomic E-state index is -1.53. The van der Waals surface area contributed by atoms with E-state index < -0.39 is 28.0 Å². The Labute approximate surface area is 91.8 Å². The minimum Gasteiger partial charge on any atom is -0.478 e. The third-order valence-corrected chi connectivity index (χ3v) is 2.34. The first-order valence-corrected chi connectivity index (χ1v) is 4.85. The average Bonchev–Trinajstić information content (AvgIpc) is 2.16. The van der Waals surface area contributed by atoms with E-state index in [-0.39, 0.29) is 10.9 Å². The number of aromatic carboxylic acids is 1. The Balaban J connectivity index is 3.43. The highest BCUT2D eigenvalue weighted by atomic mass is 79.9. The SMILES string of the molecule is O=C(O)c1cc([N+](=O)[O-])c(CBr)cc1F. The largest absolute Gasteiger partial charge is 0.478 e. The molecule has 1 N–H and O–H groups in total. The van der Waals surface area contributed by atoms with Crippen LogP contribution in [0.2, 0.25) is 0 Å². The summed E-state index contributed by atoms with van der Waals surface area (Å²) in [5.74, 6) is -2.51. The van der Waals surface area contributed by atoms with Crippen molar-refractivity contribution < 1.29 is 19.2 Å². The quantitative estimate of drug-likeness (QED) is 0.522. The Kier molecular flexibility index (Phi) is 3.35. The van der Waals surface area contributed by atoms with Gasteiger partial charge < -0.3 is 5.11 Å². The second kappa shape index (κ2) is 4.35.